The van der Waals surface area contributed by atoms with Gasteiger partial charge in [-0.3, -0.25) is 0 Å². The van der Waals surface area contributed by atoms with E-state index < -0.39 is 16.2 Å². The first-order valence-corrected chi connectivity index (χ1v) is 8.29. The van der Waals surface area contributed by atoms with Crippen molar-refractivity contribution in [2.24, 2.45) is 0 Å². The Morgan fingerprint density at radius 1 is 1.20 bits per heavy atom. The Balaban J connectivity index is 1.78. The second kappa shape index (κ2) is 4.15. The Morgan fingerprint density at radius 3 is 2.65 bits per heavy atom. The minimum absolute atomic E-state index is 0.0978. The lowest BCUT2D eigenvalue weighted by molar-refractivity contribution is 0.532. The first kappa shape index (κ1) is 11.0. The average molecular weight is 290 g/mol. The molecule has 20 heavy (non-hydrogen) atoms. The quantitative estimate of drug-likeness (QED) is 0.864. The number of sulfone groups is 1. The molecule has 0 N–H and O–H groups in total. The van der Waals surface area contributed by atoms with Crippen LogP contribution in [0.4, 0.5) is 0 Å². The van der Waals surface area contributed by atoms with Crippen molar-refractivity contribution in [2.75, 3.05) is 0 Å². The molecule has 2 atom stereocenters. The summed E-state index contributed by atoms with van der Waals surface area (Å²) in [6.45, 7) is 0. The number of benzene rings is 1. The molecule has 0 spiro atoms. The molecule has 1 aliphatic carbocycles. The third kappa shape index (κ3) is 1.78. The van der Waals surface area contributed by atoms with E-state index in [4.69, 9.17) is 1.37 Å². The summed E-state index contributed by atoms with van der Waals surface area (Å²) >= 11 is 0. The molecule has 2 aliphatic rings. The molecular weight excluding hydrogens is 274 g/mol. The summed E-state index contributed by atoms with van der Waals surface area (Å²) in [4.78, 5) is 4.16. The zero-order valence-corrected chi connectivity index (χ0v) is 11.6. The molecule has 1 saturated carbocycles. The third-order valence-corrected chi connectivity index (χ3v) is 5.89. The molecule has 104 valence electrons. The second-order valence-corrected chi connectivity index (χ2v) is 7.43. The van der Waals surface area contributed by atoms with E-state index in [1.165, 1.54) is 0 Å². The summed E-state index contributed by atoms with van der Waals surface area (Å²) in [6, 6.07) is 9.66. The Bertz CT molecular complexity index is 784. The van der Waals surface area contributed by atoms with Crippen LogP contribution in [0.2, 0.25) is 0 Å². The number of hydrogen-bond donors (Lipinski definition) is 0. The maximum atomic E-state index is 12.3. The van der Waals surface area contributed by atoms with Gasteiger partial charge < -0.3 is 0 Å². The van der Waals surface area contributed by atoms with Crippen molar-refractivity contribution in [2.45, 2.75) is 42.1 Å². The molecule has 4 rings (SSSR count). The van der Waals surface area contributed by atoms with Crippen molar-refractivity contribution in [3.63, 3.8) is 0 Å². The van der Waals surface area contributed by atoms with Crippen LogP contribution in [-0.2, 0) is 16.2 Å². The van der Waals surface area contributed by atoms with Crippen molar-refractivity contribution in [1.29, 1.82) is 0 Å². The summed E-state index contributed by atoms with van der Waals surface area (Å²) in [5.74, 6) is 0.461. The van der Waals surface area contributed by atoms with E-state index in [1.54, 1.807) is 4.68 Å². The summed E-state index contributed by atoms with van der Waals surface area (Å²) < 4.78 is 34.2. The van der Waals surface area contributed by atoms with Gasteiger partial charge in [0.25, 0.3) is 5.16 Å². The minimum atomic E-state index is -3.40. The predicted octanol–water partition coefficient (Wildman–Crippen LogP) is 1.75. The van der Waals surface area contributed by atoms with E-state index in [-0.39, 0.29) is 16.4 Å². The van der Waals surface area contributed by atoms with Crippen LogP contribution in [0.5, 0.6) is 0 Å². The number of fused-ring (bicyclic) bond motifs is 1. The van der Waals surface area contributed by atoms with Crippen molar-refractivity contribution in [3.8, 4) is 0 Å². The first-order valence-electron chi connectivity index (χ1n) is 7.32. The van der Waals surface area contributed by atoms with Gasteiger partial charge in [-0.05, 0) is 24.8 Å². The average Bonchev–Trinajstić information content (AvgIpc) is 3.17. The highest BCUT2D eigenvalue weighted by atomic mass is 32.2. The van der Waals surface area contributed by atoms with Gasteiger partial charge in [0.1, 0.15) is 5.82 Å². The monoisotopic (exact) mass is 290 g/mol. The van der Waals surface area contributed by atoms with E-state index in [2.05, 4.69) is 10.1 Å². The fourth-order valence-corrected chi connectivity index (χ4v) is 4.08. The number of aryl methyl sites for hydroxylation is 1. The Hall–Kier alpha value is -1.69. The molecule has 1 aromatic heterocycles. The van der Waals surface area contributed by atoms with Crippen LogP contribution in [-0.4, -0.2) is 28.4 Å². The number of aromatic nitrogens is 3. The lowest BCUT2D eigenvalue weighted by atomic mass is 10.1. The van der Waals surface area contributed by atoms with Gasteiger partial charge in [-0.25, -0.2) is 18.1 Å². The zero-order chi connectivity index (χ0) is 14.6. The molecule has 6 heteroatoms. The molecule has 0 bridgehead atoms. The number of rotatable bonds is 3. The molecule has 0 amide bonds. The number of nitrogens with zero attached hydrogens (tertiary/aromatic N) is 3. The molecule has 0 radical (unpaired) electrons. The normalized spacial score (nSPS) is 26.3. The third-order valence-electron chi connectivity index (χ3n) is 3.86. The molecule has 2 heterocycles. The Kier molecular flexibility index (Phi) is 2.29. The van der Waals surface area contributed by atoms with E-state index in [0.29, 0.717) is 25.1 Å². The Morgan fingerprint density at radius 2 is 1.95 bits per heavy atom. The lowest BCUT2D eigenvalue weighted by Gasteiger charge is -2.11. The van der Waals surface area contributed by atoms with Gasteiger partial charge in [-0.15, -0.1) is 5.10 Å². The molecule has 0 unspecified atom stereocenters. The van der Waals surface area contributed by atoms with E-state index in [9.17, 15) is 8.42 Å². The van der Waals surface area contributed by atoms with E-state index >= 15 is 0 Å². The zero-order valence-electron chi connectivity index (χ0n) is 11.8. The van der Waals surface area contributed by atoms with Crippen molar-refractivity contribution >= 4 is 9.84 Å². The maximum Gasteiger partial charge on any atom is 0.267 e. The van der Waals surface area contributed by atoms with E-state index in [0.717, 1.165) is 5.56 Å². The van der Waals surface area contributed by atoms with Gasteiger partial charge in [-0.2, -0.15) is 0 Å². The summed E-state index contributed by atoms with van der Waals surface area (Å²) in [6.07, 6.45) is 1.45. The maximum absolute atomic E-state index is 12.3. The second-order valence-electron chi connectivity index (χ2n) is 5.31. The van der Waals surface area contributed by atoms with E-state index in [1.807, 2.05) is 30.3 Å². The van der Waals surface area contributed by atoms with Crippen LogP contribution in [0.1, 0.15) is 38.1 Å². The predicted molar refractivity (Wildman–Crippen MR) is 73.1 cm³/mol. The molecule has 1 aliphatic heterocycles. The molecule has 1 aromatic carbocycles. The van der Waals surface area contributed by atoms with Gasteiger partial charge >= 0.3 is 0 Å². The van der Waals surface area contributed by atoms with Crippen LogP contribution in [0.25, 0.3) is 0 Å². The van der Waals surface area contributed by atoms with Gasteiger partial charge in [0.15, 0.2) is 0 Å². The van der Waals surface area contributed by atoms with Crippen LogP contribution in [0, 0.1) is 0 Å². The van der Waals surface area contributed by atoms with Crippen LogP contribution >= 0.6 is 0 Å². The summed E-state index contributed by atoms with van der Waals surface area (Å²) in [5, 5.41) is 3.81. The summed E-state index contributed by atoms with van der Waals surface area (Å²) in [7, 11) is -3.40. The van der Waals surface area contributed by atoms with Crippen molar-refractivity contribution in [3.05, 3.63) is 41.7 Å². The minimum Gasteiger partial charge on any atom is -0.241 e. The SMILES string of the molecule is [2H][C@H]1C[C@H](c2ccccc2)n2nc(S(=O)(=O)C3CC3)nc21. The fraction of sp³-hybridized carbons (Fsp3) is 0.429. The largest absolute Gasteiger partial charge is 0.267 e. The highest BCUT2D eigenvalue weighted by molar-refractivity contribution is 7.92. The highest BCUT2D eigenvalue weighted by Gasteiger charge is 2.41. The molecule has 1 fully saturated rings. The molecule has 0 saturated heterocycles. The number of hydrogen-bond acceptors (Lipinski definition) is 4. The van der Waals surface area contributed by atoms with Crippen molar-refractivity contribution in [1.82, 2.24) is 14.8 Å². The highest BCUT2D eigenvalue weighted by Crippen LogP contribution is 2.35. The van der Waals surface area contributed by atoms with Gasteiger partial charge in [0, 0.05) is 7.77 Å². The molecular formula is C14H15N3O2S. The topological polar surface area (TPSA) is 64.8 Å². The molecule has 2 aromatic rings. The fourth-order valence-electron chi connectivity index (χ4n) is 2.60. The Labute approximate surface area is 119 Å². The van der Waals surface area contributed by atoms with Crippen LogP contribution in [0.15, 0.2) is 35.5 Å². The van der Waals surface area contributed by atoms with Gasteiger partial charge in [0.2, 0.25) is 9.84 Å². The summed E-state index contributed by atoms with van der Waals surface area (Å²) in [5.41, 5.74) is 1.04. The molecule has 5 nitrogen and oxygen atoms in total. The smallest absolute Gasteiger partial charge is 0.241 e. The lowest BCUT2D eigenvalue weighted by Crippen LogP contribution is -2.12. The van der Waals surface area contributed by atoms with Crippen LogP contribution < -0.4 is 0 Å². The van der Waals surface area contributed by atoms with Gasteiger partial charge in [-0.1, -0.05) is 30.3 Å². The standard InChI is InChI=1S/C14H15N3O2S/c18-20(19,11-6-7-11)14-15-13-9-8-12(17(13)16-14)10-4-2-1-3-5-10/h1-5,11-12H,6-9H2/t12-/m1/s1/i9D/t9-,12+/m0. The van der Waals surface area contributed by atoms with Gasteiger partial charge in [0.05, 0.1) is 11.3 Å². The van der Waals surface area contributed by atoms with Crippen LogP contribution in [0.3, 0.4) is 0 Å². The van der Waals surface area contributed by atoms with Crippen molar-refractivity contribution < 1.29 is 9.79 Å². The first-order chi connectivity index (χ1) is 10.1.